The fourth-order valence-electron chi connectivity index (χ4n) is 4.34. The molecule has 4 aromatic rings. The van der Waals surface area contributed by atoms with E-state index in [4.69, 9.17) is 0 Å². The molecule has 0 radical (unpaired) electrons. The van der Waals surface area contributed by atoms with Gasteiger partial charge < -0.3 is 14.9 Å². The topological polar surface area (TPSA) is 84.0 Å². The Morgan fingerprint density at radius 3 is 2.56 bits per heavy atom. The number of pyridine rings is 1. The smallest absolute Gasteiger partial charge is 0.274 e. The fraction of sp³-hybridized carbons (Fsp3) is 0.240. The molecule has 0 saturated heterocycles. The van der Waals surface area contributed by atoms with Crippen molar-refractivity contribution in [3.05, 3.63) is 81.9 Å². The maximum Gasteiger partial charge on any atom is 0.274 e. The van der Waals surface area contributed by atoms with Crippen molar-refractivity contribution in [2.45, 2.75) is 24.5 Å². The number of anilines is 2. The van der Waals surface area contributed by atoms with Gasteiger partial charge in [0.1, 0.15) is 17.2 Å². The van der Waals surface area contributed by atoms with Crippen molar-refractivity contribution in [3.8, 4) is 11.1 Å². The molecule has 2 aromatic carbocycles. The molecule has 9 heteroatoms. The second kappa shape index (κ2) is 8.09. The Balaban J connectivity index is 1.77. The third kappa shape index (κ3) is 4.23. The molecule has 2 aromatic heterocycles. The summed E-state index contributed by atoms with van der Waals surface area (Å²) >= 11 is 0. The average Bonchev–Trinajstić information content (AvgIpc) is 3.51. The van der Waals surface area contributed by atoms with Crippen LogP contribution in [0.2, 0.25) is 0 Å². The molecule has 0 amide bonds. The summed E-state index contributed by atoms with van der Waals surface area (Å²) in [5.74, 6) is -1.36. The second-order valence-corrected chi connectivity index (χ2v) is 11.1. The number of aromatic nitrogens is 2. The van der Waals surface area contributed by atoms with Crippen LogP contribution in [0.4, 0.5) is 20.2 Å². The van der Waals surface area contributed by atoms with Crippen molar-refractivity contribution in [1.29, 1.82) is 0 Å². The number of rotatable bonds is 6. The van der Waals surface area contributed by atoms with Gasteiger partial charge in [-0.3, -0.25) is 4.79 Å². The molecule has 5 rings (SSSR count). The maximum absolute atomic E-state index is 14.6. The Morgan fingerprint density at radius 2 is 1.88 bits per heavy atom. The molecule has 2 heterocycles. The minimum atomic E-state index is -3.31. The molecule has 0 unspecified atom stereocenters. The predicted octanol–water partition coefficient (Wildman–Crippen LogP) is 4.98. The molecule has 1 saturated carbocycles. The number of hydrogen-bond donors (Lipinski definition) is 2. The summed E-state index contributed by atoms with van der Waals surface area (Å²) in [5.41, 5.74) is 3.77. The molecule has 34 heavy (non-hydrogen) atoms. The van der Waals surface area contributed by atoms with Gasteiger partial charge in [-0.2, -0.15) is 0 Å². The standard InChI is InChI=1S/C25H23F2N3O3S/c1-30-8-7-17-20(12-28-24(17)25(30)31)19-10-14(13-34(2,32)33)9-18(15-3-4-15)23(19)29-22-6-5-16(26)11-21(22)27/h5-12,15,28-29H,3-4,13H2,1-2H3. The van der Waals surface area contributed by atoms with Crippen LogP contribution < -0.4 is 10.9 Å². The highest BCUT2D eigenvalue weighted by molar-refractivity contribution is 7.89. The molecule has 2 N–H and O–H groups in total. The molecular formula is C25H23F2N3O3S. The van der Waals surface area contributed by atoms with Crippen molar-refractivity contribution in [2.24, 2.45) is 7.05 Å². The number of halogens is 2. The zero-order chi connectivity index (χ0) is 24.2. The lowest BCUT2D eigenvalue weighted by Crippen LogP contribution is -2.15. The van der Waals surface area contributed by atoms with E-state index in [1.54, 1.807) is 25.5 Å². The lowest BCUT2D eigenvalue weighted by molar-refractivity contribution is 0.586. The Kier molecular flexibility index (Phi) is 5.31. The first kappa shape index (κ1) is 22.3. The molecule has 1 aliphatic carbocycles. The van der Waals surface area contributed by atoms with Crippen LogP contribution >= 0.6 is 0 Å². The van der Waals surface area contributed by atoms with Crippen LogP contribution in [-0.2, 0) is 22.6 Å². The average molecular weight is 484 g/mol. The number of sulfone groups is 1. The van der Waals surface area contributed by atoms with E-state index in [1.165, 1.54) is 23.0 Å². The van der Waals surface area contributed by atoms with E-state index in [0.29, 0.717) is 33.3 Å². The number of nitrogens with zero attached hydrogens (tertiary/aromatic N) is 1. The van der Waals surface area contributed by atoms with Gasteiger partial charge in [-0.05, 0) is 54.2 Å². The van der Waals surface area contributed by atoms with Crippen LogP contribution in [0.5, 0.6) is 0 Å². The molecule has 0 spiro atoms. The number of aryl methyl sites for hydroxylation is 1. The molecule has 0 atom stereocenters. The summed E-state index contributed by atoms with van der Waals surface area (Å²) in [6.07, 6.45) is 6.40. The maximum atomic E-state index is 14.6. The van der Waals surface area contributed by atoms with Gasteiger partial charge in [0.2, 0.25) is 0 Å². The third-order valence-corrected chi connectivity index (χ3v) is 6.93. The lowest BCUT2D eigenvalue weighted by atomic mass is 9.94. The van der Waals surface area contributed by atoms with Gasteiger partial charge in [-0.25, -0.2) is 17.2 Å². The van der Waals surface area contributed by atoms with Crippen LogP contribution in [-0.4, -0.2) is 24.2 Å². The summed E-state index contributed by atoms with van der Waals surface area (Å²) in [4.78, 5) is 15.7. The Bertz CT molecular complexity index is 1600. The SMILES string of the molecule is Cn1ccc2c(-c3cc(CS(C)(=O)=O)cc(C4CC4)c3Nc3ccc(F)cc3F)c[nH]c2c1=O. The number of hydrogen-bond acceptors (Lipinski definition) is 4. The first-order valence-electron chi connectivity index (χ1n) is 10.8. The zero-order valence-electron chi connectivity index (χ0n) is 18.7. The largest absolute Gasteiger partial charge is 0.356 e. The zero-order valence-corrected chi connectivity index (χ0v) is 19.5. The van der Waals surface area contributed by atoms with Crippen molar-refractivity contribution in [3.63, 3.8) is 0 Å². The molecular weight excluding hydrogens is 460 g/mol. The third-order valence-electron chi connectivity index (χ3n) is 6.08. The van der Waals surface area contributed by atoms with Crippen molar-refractivity contribution >= 4 is 32.1 Å². The second-order valence-electron chi connectivity index (χ2n) is 8.92. The number of benzene rings is 2. The van der Waals surface area contributed by atoms with Gasteiger partial charge in [0.25, 0.3) is 5.56 Å². The number of H-pyrrole nitrogens is 1. The number of fused-ring (bicyclic) bond motifs is 1. The van der Waals surface area contributed by atoms with E-state index in [0.717, 1.165) is 24.5 Å². The highest BCUT2D eigenvalue weighted by atomic mass is 32.2. The Morgan fingerprint density at radius 1 is 1.12 bits per heavy atom. The van der Waals surface area contributed by atoms with E-state index < -0.39 is 21.5 Å². The molecule has 0 aliphatic heterocycles. The van der Waals surface area contributed by atoms with Crippen LogP contribution in [0.15, 0.2) is 53.6 Å². The first-order chi connectivity index (χ1) is 16.1. The van der Waals surface area contributed by atoms with Crippen molar-refractivity contribution in [1.82, 2.24) is 9.55 Å². The highest BCUT2D eigenvalue weighted by Gasteiger charge is 2.30. The first-order valence-corrected chi connectivity index (χ1v) is 12.9. The molecule has 0 bridgehead atoms. The van der Waals surface area contributed by atoms with E-state index >= 15 is 0 Å². The quantitative estimate of drug-likeness (QED) is 0.405. The normalized spacial score (nSPS) is 14.0. The van der Waals surface area contributed by atoms with Crippen LogP contribution in [0.1, 0.15) is 29.9 Å². The fourth-order valence-corrected chi connectivity index (χ4v) is 5.12. The van der Waals surface area contributed by atoms with E-state index in [1.807, 2.05) is 12.1 Å². The van der Waals surface area contributed by atoms with Crippen LogP contribution in [0, 0.1) is 11.6 Å². The summed E-state index contributed by atoms with van der Waals surface area (Å²) < 4.78 is 53.7. The van der Waals surface area contributed by atoms with Gasteiger partial charge in [0, 0.05) is 48.3 Å². The van der Waals surface area contributed by atoms with Gasteiger partial charge in [0.15, 0.2) is 9.84 Å². The van der Waals surface area contributed by atoms with E-state index in [-0.39, 0.29) is 22.9 Å². The number of nitrogens with one attached hydrogen (secondary N) is 2. The molecule has 176 valence electrons. The highest BCUT2D eigenvalue weighted by Crippen LogP contribution is 2.48. The summed E-state index contributed by atoms with van der Waals surface area (Å²) in [5, 5.41) is 3.81. The minimum absolute atomic E-state index is 0.108. The summed E-state index contributed by atoms with van der Waals surface area (Å²) in [7, 11) is -1.65. The molecule has 6 nitrogen and oxygen atoms in total. The Hall–Kier alpha value is -3.46. The molecule has 1 fully saturated rings. The van der Waals surface area contributed by atoms with Crippen molar-refractivity contribution < 1.29 is 17.2 Å². The monoisotopic (exact) mass is 483 g/mol. The van der Waals surface area contributed by atoms with Gasteiger partial charge in [-0.1, -0.05) is 6.07 Å². The van der Waals surface area contributed by atoms with Gasteiger partial charge in [-0.15, -0.1) is 0 Å². The van der Waals surface area contributed by atoms with Crippen molar-refractivity contribution in [2.75, 3.05) is 11.6 Å². The van der Waals surface area contributed by atoms with Crippen LogP contribution in [0.25, 0.3) is 22.0 Å². The van der Waals surface area contributed by atoms with E-state index in [9.17, 15) is 22.0 Å². The number of aromatic amines is 1. The Labute approximate surface area is 195 Å². The lowest BCUT2D eigenvalue weighted by Gasteiger charge is -2.19. The van der Waals surface area contributed by atoms with Gasteiger partial charge >= 0.3 is 0 Å². The van der Waals surface area contributed by atoms with Crippen LogP contribution in [0.3, 0.4) is 0 Å². The molecule has 1 aliphatic rings. The summed E-state index contributed by atoms with van der Waals surface area (Å²) in [6, 6.07) is 8.74. The van der Waals surface area contributed by atoms with E-state index in [2.05, 4.69) is 10.3 Å². The minimum Gasteiger partial charge on any atom is -0.356 e. The predicted molar refractivity (Wildman–Crippen MR) is 129 cm³/mol. The van der Waals surface area contributed by atoms with Gasteiger partial charge in [0.05, 0.1) is 17.1 Å². The summed E-state index contributed by atoms with van der Waals surface area (Å²) in [6.45, 7) is 0.